The van der Waals surface area contributed by atoms with Gasteiger partial charge in [0.25, 0.3) is 0 Å². The molecule has 2 aliphatic heterocycles. The van der Waals surface area contributed by atoms with Gasteiger partial charge in [-0.1, -0.05) is 18.2 Å². The maximum Gasteiger partial charge on any atom is 0.228 e. The molecule has 168 valence electrons. The lowest BCUT2D eigenvalue weighted by Gasteiger charge is -2.27. The fourth-order valence-electron chi connectivity index (χ4n) is 4.56. The second-order valence-corrected chi connectivity index (χ2v) is 8.35. The van der Waals surface area contributed by atoms with Crippen LogP contribution in [-0.2, 0) is 4.74 Å². The third-order valence-corrected chi connectivity index (χ3v) is 6.30. The molecule has 10 heteroatoms. The first kappa shape index (κ1) is 19.9. The number of aromatic nitrogens is 6. The third kappa shape index (κ3) is 3.72. The van der Waals surface area contributed by atoms with Crippen molar-refractivity contribution in [3.63, 3.8) is 0 Å². The maximum atomic E-state index is 5.76. The molecule has 2 N–H and O–H groups in total. The molecule has 5 heterocycles. The fraction of sp³-hybridized carbons (Fsp3) is 0.348. The van der Waals surface area contributed by atoms with E-state index in [2.05, 4.69) is 48.6 Å². The van der Waals surface area contributed by atoms with Gasteiger partial charge in [0, 0.05) is 31.9 Å². The Morgan fingerprint density at radius 1 is 0.909 bits per heavy atom. The van der Waals surface area contributed by atoms with Crippen LogP contribution in [0.25, 0.3) is 22.6 Å². The number of nitrogens with zero attached hydrogens (tertiary/aromatic N) is 8. The van der Waals surface area contributed by atoms with E-state index in [4.69, 9.17) is 25.4 Å². The van der Waals surface area contributed by atoms with E-state index in [0.29, 0.717) is 36.4 Å². The zero-order chi connectivity index (χ0) is 22.2. The molecule has 0 aliphatic carbocycles. The van der Waals surface area contributed by atoms with Gasteiger partial charge in [-0.2, -0.15) is 4.98 Å². The van der Waals surface area contributed by atoms with Crippen LogP contribution in [0.1, 0.15) is 12.5 Å². The molecule has 33 heavy (non-hydrogen) atoms. The van der Waals surface area contributed by atoms with E-state index in [1.807, 2.05) is 12.4 Å². The Kier molecular flexibility index (Phi) is 4.99. The number of hydrogen-bond donors (Lipinski definition) is 1. The first-order valence-electron chi connectivity index (χ1n) is 11.2. The second-order valence-electron chi connectivity index (χ2n) is 8.35. The van der Waals surface area contributed by atoms with E-state index in [1.54, 1.807) is 12.4 Å². The SMILES string of the molecule is Nc1cnc(-c2nc(N3CCOCC3)nc3c2ncn3C2CCN(c3ccccc3)C2)cn1. The van der Waals surface area contributed by atoms with E-state index in [1.165, 1.54) is 5.69 Å². The molecular formula is C23H25N9O. The highest BCUT2D eigenvalue weighted by atomic mass is 16.5. The van der Waals surface area contributed by atoms with Crippen LogP contribution in [-0.4, -0.2) is 68.9 Å². The largest absolute Gasteiger partial charge is 0.382 e. The number of anilines is 3. The molecule has 6 rings (SSSR count). The van der Waals surface area contributed by atoms with Gasteiger partial charge in [0.2, 0.25) is 5.95 Å². The number of nitrogen functional groups attached to an aromatic ring is 1. The molecule has 10 nitrogen and oxygen atoms in total. The maximum absolute atomic E-state index is 5.76. The van der Waals surface area contributed by atoms with Gasteiger partial charge in [0.05, 0.1) is 38.0 Å². The van der Waals surface area contributed by atoms with Gasteiger partial charge in [0.15, 0.2) is 5.65 Å². The summed E-state index contributed by atoms with van der Waals surface area (Å²) in [6, 6.07) is 10.8. The van der Waals surface area contributed by atoms with Crippen LogP contribution in [0.15, 0.2) is 49.1 Å². The van der Waals surface area contributed by atoms with Gasteiger partial charge in [-0.15, -0.1) is 0 Å². The molecule has 3 aromatic heterocycles. The molecular weight excluding hydrogens is 418 g/mol. The Morgan fingerprint density at radius 2 is 1.76 bits per heavy atom. The zero-order valence-corrected chi connectivity index (χ0v) is 18.2. The molecule has 0 bridgehead atoms. The minimum atomic E-state index is 0.271. The van der Waals surface area contributed by atoms with Crippen LogP contribution in [0.2, 0.25) is 0 Å². The molecule has 1 atom stereocenters. The molecule has 0 spiro atoms. The first-order valence-corrected chi connectivity index (χ1v) is 11.2. The van der Waals surface area contributed by atoms with Gasteiger partial charge in [-0.25, -0.2) is 19.9 Å². The van der Waals surface area contributed by atoms with Crippen molar-refractivity contribution >= 4 is 28.6 Å². The lowest BCUT2D eigenvalue weighted by atomic mass is 10.2. The summed E-state index contributed by atoms with van der Waals surface area (Å²) < 4.78 is 7.72. The molecule has 0 saturated carbocycles. The normalized spacial score (nSPS) is 18.8. The molecule has 0 radical (unpaired) electrons. The Balaban J connectivity index is 1.42. The van der Waals surface area contributed by atoms with E-state index in [9.17, 15) is 0 Å². The fourth-order valence-corrected chi connectivity index (χ4v) is 4.56. The van der Waals surface area contributed by atoms with Crippen molar-refractivity contribution in [1.82, 2.24) is 29.5 Å². The minimum Gasteiger partial charge on any atom is -0.382 e. The number of ether oxygens (including phenoxy) is 1. The number of para-hydroxylation sites is 1. The number of hydrogen-bond acceptors (Lipinski definition) is 9. The quantitative estimate of drug-likeness (QED) is 0.507. The van der Waals surface area contributed by atoms with Crippen LogP contribution >= 0.6 is 0 Å². The highest BCUT2D eigenvalue weighted by Gasteiger charge is 2.28. The zero-order valence-electron chi connectivity index (χ0n) is 18.2. The number of imidazole rings is 1. The number of rotatable bonds is 4. The Labute approximate surface area is 191 Å². The third-order valence-electron chi connectivity index (χ3n) is 6.30. The van der Waals surface area contributed by atoms with E-state index in [0.717, 1.165) is 43.8 Å². The summed E-state index contributed by atoms with van der Waals surface area (Å²) in [7, 11) is 0. The van der Waals surface area contributed by atoms with Crippen molar-refractivity contribution in [2.45, 2.75) is 12.5 Å². The Hall–Kier alpha value is -3.79. The van der Waals surface area contributed by atoms with Crippen LogP contribution in [0.3, 0.4) is 0 Å². The number of morpholine rings is 1. The van der Waals surface area contributed by atoms with Gasteiger partial charge in [-0.3, -0.25) is 0 Å². The summed E-state index contributed by atoms with van der Waals surface area (Å²) >= 11 is 0. The summed E-state index contributed by atoms with van der Waals surface area (Å²) in [5.41, 5.74) is 9.85. The molecule has 1 aromatic carbocycles. The molecule has 4 aromatic rings. The summed E-state index contributed by atoms with van der Waals surface area (Å²) in [4.78, 5) is 27.8. The minimum absolute atomic E-state index is 0.271. The number of benzene rings is 1. The van der Waals surface area contributed by atoms with E-state index in [-0.39, 0.29) is 6.04 Å². The number of fused-ring (bicyclic) bond motifs is 1. The molecule has 1 unspecified atom stereocenters. The summed E-state index contributed by atoms with van der Waals surface area (Å²) in [5.74, 6) is 1.04. The standard InChI is InChI=1S/C23H25N9O/c24-19-13-25-18(12-26-19)20-21-22(29-23(28-20)30-8-10-33-11-9-30)32(15-27-21)17-6-7-31(14-17)16-4-2-1-3-5-16/h1-5,12-13,15,17H,6-11,14H2,(H2,24,26). The topological polar surface area (TPSA) is 111 Å². The van der Waals surface area contributed by atoms with Crippen molar-refractivity contribution in [1.29, 1.82) is 0 Å². The van der Waals surface area contributed by atoms with Gasteiger partial charge in [-0.05, 0) is 18.6 Å². The molecule has 2 fully saturated rings. The van der Waals surface area contributed by atoms with Gasteiger partial charge >= 0.3 is 0 Å². The molecule has 2 aliphatic rings. The Bertz CT molecular complexity index is 1250. The highest BCUT2D eigenvalue weighted by molar-refractivity contribution is 5.87. The van der Waals surface area contributed by atoms with Crippen LogP contribution in [0, 0.1) is 0 Å². The van der Waals surface area contributed by atoms with Crippen molar-refractivity contribution in [3.8, 4) is 11.4 Å². The van der Waals surface area contributed by atoms with Crippen molar-refractivity contribution in [2.24, 2.45) is 0 Å². The van der Waals surface area contributed by atoms with Gasteiger partial charge < -0.3 is 24.8 Å². The predicted molar refractivity (Wildman–Crippen MR) is 126 cm³/mol. The smallest absolute Gasteiger partial charge is 0.228 e. The summed E-state index contributed by atoms with van der Waals surface area (Å²) in [6.07, 6.45) is 6.10. The highest BCUT2D eigenvalue weighted by Crippen LogP contribution is 2.32. The molecule has 2 saturated heterocycles. The van der Waals surface area contributed by atoms with E-state index >= 15 is 0 Å². The summed E-state index contributed by atoms with van der Waals surface area (Å²) in [6.45, 7) is 4.71. The average Bonchev–Trinajstić information content (AvgIpc) is 3.52. The van der Waals surface area contributed by atoms with Crippen molar-refractivity contribution in [3.05, 3.63) is 49.1 Å². The van der Waals surface area contributed by atoms with Crippen LogP contribution in [0.4, 0.5) is 17.5 Å². The monoisotopic (exact) mass is 443 g/mol. The van der Waals surface area contributed by atoms with Crippen molar-refractivity contribution < 1.29 is 4.74 Å². The average molecular weight is 444 g/mol. The van der Waals surface area contributed by atoms with Gasteiger partial charge in [0.1, 0.15) is 22.7 Å². The lowest BCUT2D eigenvalue weighted by molar-refractivity contribution is 0.122. The number of nitrogens with two attached hydrogens (primary N) is 1. The second kappa shape index (κ2) is 8.28. The van der Waals surface area contributed by atoms with Crippen LogP contribution < -0.4 is 15.5 Å². The van der Waals surface area contributed by atoms with Crippen LogP contribution in [0.5, 0.6) is 0 Å². The molecule has 0 amide bonds. The van der Waals surface area contributed by atoms with Crippen molar-refractivity contribution in [2.75, 3.05) is 54.9 Å². The summed E-state index contributed by atoms with van der Waals surface area (Å²) in [5, 5.41) is 0. The Morgan fingerprint density at radius 3 is 2.55 bits per heavy atom. The lowest BCUT2D eigenvalue weighted by Crippen LogP contribution is -2.37. The van der Waals surface area contributed by atoms with E-state index < -0.39 is 0 Å². The first-order chi connectivity index (χ1) is 16.3. The predicted octanol–water partition coefficient (Wildman–Crippen LogP) is 2.15.